The number of imide groups is 1. The Morgan fingerprint density at radius 2 is 2.00 bits per heavy atom. The van der Waals surface area contributed by atoms with Crippen LogP contribution in [-0.4, -0.2) is 34.9 Å². The minimum atomic E-state index is -4.52. The lowest BCUT2D eigenvalue weighted by atomic mass is 10.2. The number of alkyl carbamates (subject to hydrolysis) is 1. The molecule has 0 atom stereocenters. The monoisotopic (exact) mass is 471 g/mol. The van der Waals surface area contributed by atoms with Crippen LogP contribution < -0.4 is 10.1 Å². The van der Waals surface area contributed by atoms with Crippen LogP contribution in [0.3, 0.4) is 0 Å². The van der Waals surface area contributed by atoms with Crippen LogP contribution in [0, 0.1) is 0 Å². The molecular formula is C20H17ClF3N3O5. The van der Waals surface area contributed by atoms with Gasteiger partial charge in [-0.05, 0) is 38.1 Å². The number of nitrogens with zero attached hydrogens (tertiary/aromatic N) is 2. The Morgan fingerprint density at radius 1 is 1.28 bits per heavy atom. The highest BCUT2D eigenvalue weighted by molar-refractivity contribution is 6.32. The van der Waals surface area contributed by atoms with Gasteiger partial charge in [-0.1, -0.05) is 11.6 Å². The van der Waals surface area contributed by atoms with Crippen molar-refractivity contribution in [3.8, 4) is 11.6 Å². The fraction of sp³-hybridized carbons (Fsp3) is 0.200. The van der Waals surface area contributed by atoms with E-state index in [1.807, 2.05) is 5.32 Å². The number of aromatic nitrogens is 1. The maximum absolute atomic E-state index is 12.6. The van der Waals surface area contributed by atoms with Gasteiger partial charge in [0, 0.05) is 18.5 Å². The van der Waals surface area contributed by atoms with Crippen LogP contribution in [0.15, 0.2) is 52.9 Å². The van der Waals surface area contributed by atoms with E-state index in [0.717, 1.165) is 18.3 Å². The van der Waals surface area contributed by atoms with Gasteiger partial charge in [0.15, 0.2) is 0 Å². The molecule has 1 aromatic carbocycles. The molecule has 1 heterocycles. The molecule has 0 fully saturated rings. The second-order valence-corrected chi connectivity index (χ2v) is 6.44. The van der Waals surface area contributed by atoms with Crippen LogP contribution >= 0.6 is 11.6 Å². The highest BCUT2D eigenvalue weighted by Gasteiger charge is 2.30. The predicted molar refractivity (Wildman–Crippen MR) is 109 cm³/mol. The standard InChI is InChI=1S/C20H17ClF3N3O5/c1-3-31-19(30)27-18(29)14(11(2)28)10-25-13-5-6-16(15(21)8-13)32-17-7-4-12(9-26-17)20(22,23)24/h4-10,28H,3H2,1-2H3,(H,27,29,30). The van der Waals surface area contributed by atoms with E-state index in [4.69, 9.17) is 16.3 Å². The molecule has 8 nitrogen and oxygen atoms in total. The van der Waals surface area contributed by atoms with E-state index in [1.165, 1.54) is 25.1 Å². The molecule has 1 aromatic heterocycles. The van der Waals surface area contributed by atoms with Crippen LogP contribution in [0.5, 0.6) is 11.6 Å². The number of rotatable bonds is 6. The number of benzene rings is 1. The molecule has 0 saturated heterocycles. The number of amides is 2. The van der Waals surface area contributed by atoms with E-state index in [9.17, 15) is 27.9 Å². The average Bonchev–Trinajstić information content (AvgIpc) is 2.69. The highest BCUT2D eigenvalue weighted by Crippen LogP contribution is 2.33. The fourth-order valence-corrected chi connectivity index (χ4v) is 2.37. The summed E-state index contributed by atoms with van der Waals surface area (Å²) in [5.74, 6) is -1.32. The number of aliphatic hydroxyl groups is 1. The van der Waals surface area contributed by atoms with Gasteiger partial charge in [0.2, 0.25) is 5.88 Å². The van der Waals surface area contributed by atoms with Crippen molar-refractivity contribution in [1.82, 2.24) is 10.3 Å². The number of carbonyl (C=O) groups excluding carboxylic acids is 2. The molecule has 170 valence electrons. The van der Waals surface area contributed by atoms with Gasteiger partial charge < -0.3 is 14.6 Å². The maximum atomic E-state index is 12.6. The normalized spacial score (nSPS) is 12.3. The van der Waals surface area contributed by atoms with E-state index in [-0.39, 0.29) is 34.5 Å². The van der Waals surface area contributed by atoms with Crippen LogP contribution in [-0.2, 0) is 15.7 Å². The molecule has 2 aromatic rings. The number of allylic oxidation sites excluding steroid dienone is 1. The van der Waals surface area contributed by atoms with E-state index in [2.05, 4.69) is 14.7 Å². The molecule has 0 aliphatic rings. The first-order valence-electron chi connectivity index (χ1n) is 8.94. The molecule has 0 bridgehead atoms. The van der Waals surface area contributed by atoms with Gasteiger partial charge in [-0.15, -0.1) is 0 Å². The number of alkyl halides is 3. The number of ether oxygens (including phenoxy) is 2. The Labute approximate surface area is 185 Å². The number of hydrogen-bond donors (Lipinski definition) is 2. The second-order valence-electron chi connectivity index (χ2n) is 6.03. The lowest BCUT2D eigenvalue weighted by Gasteiger charge is -2.09. The van der Waals surface area contributed by atoms with Crippen molar-refractivity contribution in [3.05, 3.63) is 58.4 Å². The topological polar surface area (TPSA) is 110 Å². The van der Waals surface area contributed by atoms with E-state index >= 15 is 0 Å². The summed E-state index contributed by atoms with van der Waals surface area (Å²) < 4.78 is 47.8. The van der Waals surface area contributed by atoms with Gasteiger partial charge in [-0.2, -0.15) is 13.2 Å². The van der Waals surface area contributed by atoms with Crippen LogP contribution in [0.4, 0.5) is 23.7 Å². The van der Waals surface area contributed by atoms with Gasteiger partial charge in [0.25, 0.3) is 5.91 Å². The van der Waals surface area contributed by atoms with Gasteiger partial charge >= 0.3 is 12.3 Å². The molecule has 0 unspecified atom stereocenters. The summed E-state index contributed by atoms with van der Waals surface area (Å²) >= 11 is 6.12. The molecule has 0 aliphatic heterocycles. The number of halogens is 4. The van der Waals surface area contributed by atoms with Gasteiger partial charge in [-0.3, -0.25) is 15.1 Å². The maximum Gasteiger partial charge on any atom is 0.417 e. The summed E-state index contributed by atoms with van der Waals surface area (Å²) in [6, 6.07) is 6.05. The van der Waals surface area contributed by atoms with Crippen molar-refractivity contribution in [1.29, 1.82) is 0 Å². The molecule has 2 rings (SSSR count). The number of carbonyl (C=O) groups is 2. The molecule has 2 N–H and O–H groups in total. The lowest BCUT2D eigenvalue weighted by molar-refractivity contribution is -0.137. The number of aliphatic hydroxyl groups excluding tert-OH is 1. The first-order chi connectivity index (χ1) is 15.0. The SMILES string of the molecule is CCOC(=O)NC(=O)C(C=Nc1ccc(Oc2ccc(C(F)(F)F)cn2)c(Cl)c1)=C(C)O. The summed E-state index contributed by atoms with van der Waals surface area (Å²) in [5, 5.41) is 11.7. The Morgan fingerprint density at radius 3 is 2.53 bits per heavy atom. The Balaban J connectivity index is 2.13. The zero-order valence-electron chi connectivity index (χ0n) is 16.7. The third kappa shape index (κ3) is 6.98. The van der Waals surface area contributed by atoms with Gasteiger partial charge in [0.05, 0.1) is 28.5 Å². The average molecular weight is 472 g/mol. The minimum absolute atomic E-state index is 0.0548. The molecule has 32 heavy (non-hydrogen) atoms. The van der Waals surface area contributed by atoms with Gasteiger partial charge in [0.1, 0.15) is 11.5 Å². The van der Waals surface area contributed by atoms with Crippen molar-refractivity contribution in [2.75, 3.05) is 6.61 Å². The number of nitrogens with one attached hydrogen (secondary N) is 1. The summed E-state index contributed by atoms with van der Waals surface area (Å²) in [7, 11) is 0. The molecule has 2 amide bonds. The third-order valence-electron chi connectivity index (χ3n) is 3.66. The Kier molecular flexibility index (Phi) is 8.19. The van der Waals surface area contributed by atoms with E-state index in [0.29, 0.717) is 6.20 Å². The number of aliphatic imine (C=N–C) groups is 1. The van der Waals surface area contributed by atoms with E-state index < -0.39 is 29.5 Å². The molecule has 0 saturated carbocycles. The van der Waals surface area contributed by atoms with Crippen molar-refractivity contribution >= 4 is 35.5 Å². The largest absolute Gasteiger partial charge is 0.512 e. The summed E-state index contributed by atoms with van der Waals surface area (Å²) in [5.41, 5.74) is -0.954. The number of pyridine rings is 1. The molecule has 0 radical (unpaired) electrons. The quantitative estimate of drug-likeness (QED) is 0.333. The fourth-order valence-electron chi connectivity index (χ4n) is 2.16. The lowest BCUT2D eigenvalue weighted by Crippen LogP contribution is -2.33. The molecule has 0 aliphatic carbocycles. The van der Waals surface area contributed by atoms with Crippen molar-refractivity contribution in [3.63, 3.8) is 0 Å². The van der Waals surface area contributed by atoms with Crippen LogP contribution in [0.2, 0.25) is 5.02 Å². The predicted octanol–water partition coefficient (Wildman–Crippen LogP) is 5.35. The molecule has 0 spiro atoms. The van der Waals surface area contributed by atoms with Gasteiger partial charge in [-0.25, -0.2) is 9.78 Å². The Bertz CT molecular complexity index is 1050. The zero-order valence-corrected chi connectivity index (χ0v) is 17.5. The first-order valence-corrected chi connectivity index (χ1v) is 9.31. The van der Waals surface area contributed by atoms with Crippen LogP contribution in [0.1, 0.15) is 19.4 Å². The number of hydrogen-bond acceptors (Lipinski definition) is 7. The molecule has 12 heteroatoms. The van der Waals surface area contributed by atoms with Crippen molar-refractivity contribution < 1.29 is 37.3 Å². The summed E-state index contributed by atoms with van der Waals surface area (Å²) in [4.78, 5) is 31.0. The highest BCUT2D eigenvalue weighted by atomic mass is 35.5. The first kappa shape index (κ1) is 24.7. The van der Waals surface area contributed by atoms with E-state index in [1.54, 1.807) is 6.92 Å². The van der Waals surface area contributed by atoms with Crippen LogP contribution in [0.25, 0.3) is 0 Å². The smallest absolute Gasteiger partial charge is 0.417 e. The molecular weight excluding hydrogens is 455 g/mol. The van der Waals surface area contributed by atoms with Crippen molar-refractivity contribution in [2.45, 2.75) is 20.0 Å². The summed E-state index contributed by atoms with van der Waals surface area (Å²) in [6.07, 6.45) is -3.84. The zero-order chi connectivity index (χ0) is 23.9. The van der Waals surface area contributed by atoms with Crippen molar-refractivity contribution in [2.24, 2.45) is 4.99 Å². The minimum Gasteiger partial charge on any atom is -0.512 e. The second kappa shape index (κ2) is 10.6. The third-order valence-corrected chi connectivity index (χ3v) is 3.96. The summed E-state index contributed by atoms with van der Waals surface area (Å²) in [6.45, 7) is 2.84. The Hall–Kier alpha value is -3.60.